The second-order valence-corrected chi connectivity index (χ2v) is 12.8. The minimum Gasteiger partial charge on any atom is -0.484 e. The molecular weight excluding hydrogens is 462 g/mol. The van der Waals surface area contributed by atoms with Crippen molar-refractivity contribution in [3.05, 3.63) is 47.1 Å². The molecule has 0 unspecified atom stereocenters. The molecule has 5 heteroatoms. The zero-order valence-electron chi connectivity index (χ0n) is 22.4. The highest BCUT2D eigenvalue weighted by Gasteiger charge is 2.59. The monoisotopic (exact) mass is 503 g/mol. The third-order valence-electron chi connectivity index (χ3n) is 10.8. The molecule has 0 spiro atoms. The van der Waals surface area contributed by atoms with Crippen molar-refractivity contribution in [3.8, 4) is 5.75 Å². The van der Waals surface area contributed by atoms with E-state index in [1.165, 1.54) is 5.57 Å². The Kier molecular flexibility index (Phi) is 6.34. The quantitative estimate of drug-likeness (QED) is 0.431. The SMILES string of the molecule is C[C@]12CC[C@H](O)CC1=CC[C@@H]1[C@@H]2CC[C@]2(C)C(=O)/C(=C/c3ccc(OCC(=O)N4CCCC4)cc3)C[C@@H]12. The van der Waals surface area contributed by atoms with Gasteiger partial charge in [-0.2, -0.15) is 0 Å². The molecule has 4 fully saturated rings. The summed E-state index contributed by atoms with van der Waals surface area (Å²) in [4.78, 5) is 27.9. The number of carbonyl (C=O) groups excluding carboxylic acids is 2. The summed E-state index contributed by atoms with van der Waals surface area (Å²) in [5, 5.41) is 10.3. The number of likely N-dealkylation sites (tertiary alicyclic amines) is 1. The Labute approximate surface area is 221 Å². The summed E-state index contributed by atoms with van der Waals surface area (Å²) < 4.78 is 5.74. The number of nitrogens with zero attached hydrogens (tertiary/aromatic N) is 1. The first-order valence-electron chi connectivity index (χ1n) is 14.4. The molecular formula is C32H41NO4. The van der Waals surface area contributed by atoms with Gasteiger partial charge in [0, 0.05) is 18.5 Å². The summed E-state index contributed by atoms with van der Waals surface area (Å²) in [7, 11) is 0. The summed E-state index contributed by atoms with van der Waals surface area (Å²) in [5.74, 6) is 2.63. The molecule has 0 aromatic heterocycles. The molecule has 5 nitrogen and oxygen atoms in total. The van der Waals surface area contributed by atoms with Gasteiger partial charge >= 0.3 is 0 Å². The average Bonchev–Trinajstić information content (AvgIpc) is 3.52. The van der Waals surface area contributed by atoms with E-state index < -0.39 is 0 Å². The van der Waals surface area contributed by atoms with Crippen LogP contribution in [0.15, 0.2) is 41.5 Å². The first kappa shape index (κ1) is 24.9. The van der Waals surface area contributed by atoms with Crippen molar-refractivity contribution < 1.29 is 19.4 Å². The minimum atomic E-state index is -0.262. The van der Waals surface area contributed by atoms with Gasteiger partial charge < -0.3 is 14.7 Å². The molecule has 0 radical (unpaired) electrons. The Hall–Kier alpha value is -2.40. The van der Waals surface area contributed by atoms with E-state index in [1.54, 1.807) is 0 Å². The molecule has 6 atom stereocenters. The fourth-order valence-electron chi connectivity index (χ4n) is 8.51. The molecule has 1 N–H and O–H groups in total. The van der Waals surface area contributed by atoms with Crippen LogP contribution in [0.25, 0.3) is 6.08 Å². The summed E-state index contributed by atoms with van der Waals surface area (Å²) in [6.07, 6.45) is 13.3. The lowest BCUT2D eigenvalue weighted by Crippen LogP contribution is -2.50. The van der Waals surface area contributed by atoms with Crippen molar-refractivity contribution in [2.75, 3.05) is 19.7 Å². The predicted molar refractivity (Wildman–Crippen MR) is 144 cm³/mol. The van der Waals surface area contributed by atoms with Crippen LogP contribution in [0, 0.1) is 28.6 Å². The number of amides is 1. The van der Waals surface area contributed by atoms with Gasteiger partial charge in [-0.3, -0.25) is 9.59 Å². The van der Waals surface area contributed by atoms with Crippen LogP contribution < -0.4 is 4.74 Å². The standard InChI is InChI=1S/C32H41NO4/c1-31-13-11-24(34)19-23(31)7-10-26-27(31)12-14-32(2)28(26)18-22(30(32)36)17-21-5-8-25(9-6-21)37-20-29(35)33-15-3-4-16-33/h5-9,17,24,26-28,34H,3-4,10-16,18-20H2,1-2H3/b22-17+/t24-,26+,27-,28-,31-,32-/m0/s1. The molecule has 1 aromatic carbocycles. The van der Waals surface area contributed by atoms with Crippen molar-refractivity contribution in [1.82, 2.24) is 4.90 Å². The number of carbonyl (C=O) groups is 2. The Morgan fingerprint density at radius 2 is 1.78 bits per heavy atom. The number of hydrogen-bond donors (Lipinski definition) is 1. The summed E-state index contributed by atoms with van der Waals surface area (Å²) in [5.41, 5.74) is 3.37. The molecule has 0 bridgehead atoms. The molecule has 1 aromatic rings. The number of aliphatic hydroxyl groups is 1. The van der Waals surface area contributed by atoms with E-state index in [0.29, 0.717) is 29.3 Å². The summed E-state index contributed by atoms with van der Waals surface area (Å²) >= 11 is 0. The number of benzene rings is 1. The first-order valence-corrected chi connectivity index (χ1v) is 14.4. The highest BCUT2D eigenvalue weighted by Crippen LogP contribution is 2.64. The number of rotatable bonds is 4. The number of Topliss-reactive ketones (excluding diaryl/α,β-unsaturated/α-hetero) is 1. The predicted octanol–water partition coefficient (Wildman–Crippen LogP) is 5.57. The smallest absolute Gasteiger partial charge is 0.260 e. The van der Waals surface area contributed by atoms with Gasteiger partial charge in [-0.1, -0.05) is 37.6 Å². The fourth-order valence-corrected chi connectivity index (χ4v) is 8.51. The molecule has 1 amide bonds. The van der Waals surface area contributed by atoms with Gasteiger partial charge in [-0.25, -0.2) is 0 Å². The van der Waals surface area contributed by atoms with Gasteiger partial charge in [-0.05, 0) is 110 Å². The van der Waals surface area contributed by atoms with Crippen LogP contribution in [0.1, 0.15) is 77.2 Å². The third-order valence-corrected chi connectivity index (χ3v) is 10.8. The van der Waals surface area contributed by atoms with Crippen LogP contribution >= 0.6 is 0 Å². The van der Waals surface area contributed by atoms with Crippen molar-refractivity contribution in [1.29, 1.82) is 0 Å². The van der Waals surface area contributed by atoms with Gasteiger partial charge in [0.25, 0.3) is 5.91 Å². The Morgan fingerprint density at radius 1 is 1.05 bits per heavy atom. The number of aliphatic hydroxyl groups excluding tert-OH is 1. The van der Waals surface area contributed by atoms with Crippen molar-refractivity contribution in [2.45, 2.75) is 77.7 Å². The van der Waals surface area contributed by atoms with Crippen LogP contribution in [0.5, 0.6) is 5.75 Å². The van der Waals surface area contributed by atoms with Crippen LogP contribution in [0.3, 0.4) is 0 Å². The van der Waals surface area contributed by atoms with Gasteiger partial charge in [-0.15, -0.1) is 0 Å². The molecule has 4 aliphatic carbocycles. The van der Waals surface area contributed by atoms with Crippen molar-refractivity contribution in [3.63, 3.8) is 0 Å². The van der Waals surface area contributed by atoms with Gasteiger partial charge in [0.15, 0.2) is 12.4 Å². The van der Waals surface area contributed by atoms with Crippen LogP contribution in [-0.2, 0) is 9.59 Å². The maximum atomic E-state index is 13.7. The lowest BCUT2D eigenvalue weighted by atomic mass is 9.48. The zero-order valence-corrected chi connectivity index (χ0v) is 22.4. The second-order valence-electron chi connectivity index (χ2n) is 12.8. The summed E-state index contributed by atoms with van der Waals surface area (Å²) in [6.45, 7) is 6.40. The Balaban J connectivity index is 1.16. The molecule has 37 heavy (non-hydrogen) atoms. The van der Waals surface area contributed by atoms with Crippen LogP contribution in [-0.4, -0.2) is 47.5 Å². The normalized spacial score (nSPS) is 38.1. The number of ketones is 1. The largest absolute Gasteiger partial charge is 0.484 e. The topological polar surface area (TPSA) is 66.8 Å². The average molecular weight is 504 g/mol. The summed E-state index contributed by atoms with van der Waals surface area (Å²) in [6, 6.07) is 7.79. The highest BCUT2D eigenvalue weighted by atomic mass is 16.5. The maximum absolute atomic E-state index is 13.7. The molecule has 6 rings (SSSR count). The van der Waals surface area contributed by atoms with E-state index in [4.69, 9.17) is 4.74 Å². The zero-order chi connectivity index (χ0) is 25.8. The van der Waals surface area contributed by atoms with E-state index in [9.17, 15) is 14.7 Å². The Bertz CT molecular complexity index is 1130. The van der Waals surface area contributed by atoms with Gasteiger partial charge in [0.2, 0.25) is 0 Å². The lowest BCUT2D eigenvalue weighted by molar-refractivity contribution is -0.132. The minimum absolute atomic E-state index is 0.0531. The fraction of sp³-hybridized carbons (Fsp3) is 0.625. The van der Waals surface area contributed by atoms with Crippen molar-refractivity contribution in [2.24, 2.45) is 28.6 Å². The van der Waals surface area contributed by atoms with Crippen molar-refractivity contribution >= 4 is 17.8 Å². The van der Waals surface area contributed by atoms with Crippen LogP contribution in [0.4, 0.5) is 0 Å². The van der Waals surface area contributed by atoms with E-state index in [0.717, 1.165) is 82.0 Å². The van der Waals surface area contributed by atoms with E-state index in [2.05, 4.69) is 26.0 Å². The number of hydrogen-bond acceptors (Lipinski definition) is 4. The molecule has 5 aliphatic rings. The second kappa shape index (κ2) is 9.41. The number of fused-ring (bicyclic) bond motifs is 5. The van der Waals surface area contributed by atoms with E-state index >= 15 is 0 Å². The maximum Gasteiger partial charge on any atom is 0.260 e. The lowest BCUT2D eigenvalue weighted by Gasteiger charge is -2.56. The van der Waals surface area contributed by atoms with E-state index in [-0.39, 0.29) is 29.4 Å². The van der Waals surface area contributed by atoms with E-state index in [1.807, 2.05) is 29.2 Å². The first-order chi connectivity index (χ1) is 17.8. The highest BCUT2D eigenvalue weighted by molar-refractivity contribution is 6.06. The molecule has 1 saturated heterocycles. The molecule has 1 heterocycles. The number of allylic oxidation sites excluding steroid dienone is 2. The van der Waals surface area contributed by atoms with Gasteiger partial charge in [0.1, 0.15) is 5.75 Å². The van der Waals surface area contributed by atoms with Gasteiger partial charge in [0.05, 0.1) is 6.10 Å². The third kappa shape index (κ3) is 4.27. The van der Waals surface area contributed by atoms with Crippen LogP contribution in [0.2, 0.25) is 0 Å². The molecule has 198 valence electrons. The molecule has 1 aliphatic heterocycles. The Morgan fingerprint density at radius 3 is 2.54 bits per heavy atom. The number of ether oxygens (including phenoxy) is 1. The molecule has 3 saturated carbocycles.